The molecular formula is C15H18F3NO4. The molecule has 23 heavy (non-hydrogen) atoms. The normalized spacial score (nSPS) is 11.9. The highest BCUT2D eigenvalue weighted by molar-refractivity contribution is 5.87. The lowest BCUT2D eigenvalue weighted by atomic mass is 10.0. The van der Waals surface area contributed by atoms with Crippen LogP contribution in [0.1, 0.15) is 19.4 Å². The zero-order valence-corrected chi connectivity index (χ0v) is 13.0. The van der Waals surface area contributed by atoms with Gasteiger partial charge >= 0.3 is 12.1 Å². The minimum atomic E-state index is -4.45. The monoisotopic (exact) mass is 333 g/mol. The Morgan fingerprint density at radius 3 is 2.39 bits per heavy atom. The Morgan fingerprint density at radius 1 is 1.26 bits per heavy atom. The Kier molecular flexibility index (Phi) is 5.63. The summed E-state index contributed by atoms with van der Waals surface area (Å²) < 4.78 is 41.0. The largest absolute Gasteiger partial charge is 0.484 e. The topological polar surface area (TPSA) is 66.8 Å². The number of likely N-dealkylation sites (N-methyl/N-ethyl adjacent to an activating group) is 1. The fraction of sp³-hybridized carbons (Fsp3) is 0.467. The average Bonchev–Trinajstić information content (AvgIpc) is 2.43. The Bertz CT molecular complexity index is 584. The predicted octanol–water partition coefficient (Wildman–Crippen LogP) is 2.49. The molecule has 0 saturated carbocycles. The summed E-state index contributed by atoms with van der Waals surface area (Å²) in [6.07, 6.45) is -4.59. The number of aliphatic carboxylic acids is 1. The number of nitrogens with zero attached hydrogens (tertiary/aromatic N) is 1. The molecule has 1 amide bonds. The lowest BCUT2D eigenvalue weighted by molar-refractivity contribution is -0.155. The maximum Gasteiger partial charge on any atom is 0.422 e. The van der Waals surface area contributed by atoms with Crippen LogP contribution in [-0.4, -0.2) is 47.3 Å². The molecule has 128 valence electrons. The zero-order chi connectivity index (χ0) is 17.8. The van der Waals surface area contributed by atoms with Crippen molar-refractivity contribution in [2.45, 2.75) is 32.0 Å². The Hall–Kier alpha value is -2.25. The molecule has 1 aromatic rings. The van der Waals surface area contributed by atoms with Gasteiger partial charge < -0.3 is 14.7 Å². The predicted molar refractivity (Wildman–Crippen MR) is 76.2 cm³/mol. The van der Waals surface area contributed by atoms with Crippen molar-refractivity contribution in [2.75, 3.05) is 13.7 Å². The molecule has 1 N–H and O–H groups in total. The molecule has 5 nitrogen and oxygen atoms in total. The standard InChI is InChI=1S/C15H18F3NO4/c1-14(2,13(21)22)19(3)12(20)8-10-5-4-6-11(7-10)23-9-15(16,17)18/h4-7H,8-9H2,1-3H3,(H,21,22). The number of rotatable bonds is 6. The van der Waals surface area contributed by atoms with Crippen molar-refractivity contribution >= 4 is 11.9 Å². The molecule has 1 rings (SSSR count). The molecule has 0 fully saturated rings. The fourth-order valence-corrected chi connectivity index (χ4v) is 1.66. The molecule has 8 heteroatoms. The van der Waals surface area contributed by atoms with Gasteiger partial charge in [-0.25, -0.2) is 4.79 Å². The molecule has 0 aliphatic rings. The first-order valence-electron chi connectivity index (χ1n) is 6.72. The van der Waals surface area contributed by atoms with E-state index in [4.69, 9.17) is 5.11 Å². The smallest absolute Gasteiger partial charge is 0.422 e. The molecular weight excluding hydrogens is 315 g/mol. The van der Waals surface area contributed by atoms with Crippen LogP contribution in [0.3, 0.4) is 0 Å². The second kappa shape index (κ2) is 6.89. The van der Waals surface area contributed by atoms with Crippen molar-refractivity contribution in [1.82, 2.24) is 4.90 Å². The third-order valence-electron chi connectivity index (χ3n) is 3.39. The number of ether oxygens (including phenoxy) is 1. The van der Waals surface area contributed by atoms with Gasteiger partial charge in [-0.2, -0.15) is 13.2 Å². The molecule has 0 aromatic heterocycles. The van der Waals surface area contributed by atoms with Crippen LogP contribution in [0.15, 0.2) is 24.3 Å². The minimum absolute atomic E-state index is 0.00669. The van der Waals surface area contributed by atoms with Crippen molar-refractivity contribution in [3.63, 3.8) is 0 Å². The van der Waals surface area contributed by atoms with Crippen molar-refractivity contribution in [2.24, 2.45) is 0 Å². The first kappa shape index (κ1) is 18.8. The third kappa shape index (κ3) is 5.46. The van der Waals surface area contributed by atoms with Gasteiger partial charge in [-0.1, -0.05) is 12.1 Å². The highest BCUT2D eigenvalue weighted by atomic mass is 19.4. The number of benzene rings is 1. The summed E-state index contributed by atoms with van der Waals surface area (Å²) >= 11 is 0. The number of hydrogen-bond donors (Lipinski definition) is 1. The summed E-state index contributed by atoms with van der Waals surface area (Å²) in [4.78, 5) is 24.3. The van der Waals surface area contributed by atoms with Crippen LogP contribution >= 0.6 is 0 Å². The van der Waals surface area contributed by atoms with E-state index >= 15 is 0 Å². The maximum atomic E-state index is 12.1. The lowest BCUT2D eigenvalue weighted by Gasteiger charge is -2.31. The highest BCUT2D eigenvalue weighted by Crippen LogP contribution is 2.20. The summed E-state index contributed by atoms with van der Waals surface area (Å²) in [5.74, 6) is -1.63. The van der Waals surface area contributed by atoms with Gasteiger partial charge in [-0.3, -0.25) is 4.79 Å². The van der Waals surface area contributed by atoms with E-state index in [1.165, 1.54) is 39.1 Å². The second-order valence-electron chi connectivity index (χ2n) is 5.54. The van der Waals surface area contributed by atoms with E-state index in [1.54, 1.807) is 6.07 Å². The van der Waals surface area contributed by atoms with Crippen LogP contribution in [0.4, 0.5) is 13.2 Å². The van der Waals surface area contributed by atoms with Crippen LogP contribution in [0, 0.1) is 0 Å². The van der Waals surface area contributed by atoms with Gasteiger partial charge in [0.2, 0.25) is 5.91 Å². The molecule has 0 bridgehead atoms. The van der Waals surface area contributed by atoms with E-state index in [-0.39, 0.29) is 12.2 Å². The van der Waals surface area contributed by atoms with Gasteiger partial charge in [0.25, 0.3) is 0 Å². The fourth-order valence-electron chi connectivity index (χ4n) is 1.66. The summed E-state index contributed by atoms with van der Waals surface area (Å²) in [7, 11) is 1.36. The van der Waals surface area contributed by atoms with Gasteiger partial charge in [0.1, 0.15) is 11.3 Å². The Morgan fingerprint density at radius 2 is 1.87 bits per heavy atom. The second-order valence-corrected chi connectivity index (χ2v) is 5.54. The Labute approximate surface area is 131 Å². The number of hydrogen-bond acceptors (Lipinski definition) is 3. The van der Waals surface area contributed by atoms with Gasteiger partial charge in [-0.15, -0.1) is 0 Å². The molecule has 0 spiro atoms. The van der Waals surface area contributed by atoms with E-state index in [9.17, 15) is 22.8 Å². The van der Waals surface area contributed by atoms with E-state index in [1.807, 2.05) is 0 Å². The highest BCUT2D eigenvalue weighted by Gasteiger charge is 2.35. The van der Waals surface area contributed by atoms with E-state index in [0.29, 0.717) is 5.56 Å². The number of carboxylic acids is 1. The summed E-state index contributed by atoms with van der Waals surface area (Å²) in [6, 6.07) is 5.70. The third-order valence-corrected chi connectivity index (χ3v) is 3.39. The molecule has 0 unspecified atom stereocenters. The van der Waals surface area contributed by atoms with Crippen molar-refractivity contribution in [1.29, 1.82) is 0 Å². The first-order valence-corrected chi connectivity index (χ1v) is 6.72. The van der Waals surface area contributed by atoms with Crippen LogP contribution < -0.4 is 4.74 Å². The van der Waals surface area contributed by atoms with Gasteiger partial charge in [0, 0.05) is 7.05 Å². The number of halogens is 3. The van der Waals surface area contributed by atoms with Gasteiger partial charge in [-0.05, 0) is 31.5 Å². The number of amides is 1. The quantitative estimate of drug-likeness (QED) is 0.868. The molecule has 0 heterocycles. The van der Waals surface area contributed by atoms with Crippen molar-refractivity contribution in [3.8, 4) is 5.75 Å². The summed E-state index contributed by atoms with van der Waals surface area (Å²) in [6.45, 7) is 1.35. The molecule has 0 saturated heterocycles. The number of carboxylic acid groups (broad SMARTS) is 1. The van der Waals surface area contributed by atoms with Crippen LogP contribution in [-0.2, 0) is 16.0 Å². The SMILES string of the molecule is CN(C(=O)Cc1cccc(OCC(F)(F)F)c1)C(C)(C)C(=O)O. The molecule has 0 aliphatic heterocycles. The average molecular weight is 333 g/mol. The van der Waals surface area contributed by atoms with Crippen LogP contribution in [0.2, 0.25) is 0 Å². The van der Waals surface area contributed by atoms with E-state index in [2.05, 4.69) is 4.74 Å². The first-order chi connectivity index (χ1) is 10.4. The van der Waals surface area contributed by atoms with E-state index in [0.717, 1.165) is 4.90 Å². The van der Waals surface area contributed by atoms with Gasteiger partial charge in [0.15, 0.2) is 6.61 Å². The van der Waals surface area contributed by atoms with Crippen LogP contribution in [0.5, 0.6) is 5.75 Å². The Balaban J connectivity index is 2.78. The van der Waals surface area contributed by atoms with Crippen molar-refractivity contribution < 1.29 is 32.6 Å². The summed E-state index contributed by atoms with van der Waals surface area (Å²) in [5, 5.41) is 9.10. The zero-order valence-electron chi connectivity index (χ0n) is 13.0. The minimum Gasteiger partial charge on any atom is -0.484 e. The van der Waals surface area contributed by atoms with Crippen molar-refractivity contribution in [3.05, 3.63) is 29.8 Å². The van der Waals surface area contributed by atoms with Crippen LogP contribution in [0.25, 0.3) is 0 Å². The molecule has 0 radical (unpaired) electrons. The van der Waals surface area contributed by atoms with Gasteiger partial charge in [0.05, 0.1) is 6.42 Å². The number of carbonyl (C=O) groups is 2. The number of carbonyl (C=O) groups excluding carboxylic acids is 1. The number of alkyl halides is 3. The summed E-state index contributed by atoms with van der Waals surface area (Å²) in [5.41, 5.74) is -0.954. The van der Waals surface area contributed by atoms with E-state index < -0.39 is 30.2 Å². The molecule has 0 aliphatic carbocycles. The lowest BCUT2D eigenvalue weighted by Crippen LogP contribution is -2.51. The molecule has 1 aromatic carbocycles. The maximum absolute atomic E-state index is 12.1. The molecule has 0 atom stereocenters.